The largest absolute Gasteiger partial charge is 0.466 e. The van der Waals surface area contributed by atoms with Crippen LogP contribution in [0.15, 0.2) is 25.9 Å². The minimum Gasteiger partial charge on any atom is -0.466 e. The maximum atomic E-state index is 12.0. The van der Waals surface area contributed by atoms with Crippen molar-refractivity contribution in [2.24, 2.45) is 5.10 Å². The number of carbonyl (C=O) groups is 1. The first-order chi connectivity index (χ1) is 12.0. The molecule has 0 saturated carbocycles. The summed E-state index contributed by atoms with van der Waals surface area (Å²) in [6.07, 6.45) is 0.0724. The fourth-order valence-corrected chi connectivity index (χ4v) is 3.12. The zero-order chi connectivity index (χ0) is 18.0. The molecule has 132 valence electrons. The number of nitrogens with one attached hydrogen (secondary N) is 1. The molecule has 0 saturated heterocycles. The Bertz CT molecular complexity index is 926. The summed E-state index contributed by atoms with van der Waals surface area (Å²) >= 11 is 1.38. The number of aromatic nitrogens is 5. The van der Waals surface area contributed by atoms with Gasteiger partial charge in [-0.2, -0.15) is 9.78 Å². The molecule has 0 bridgehead atoms. The zero-order valence-corrected chi connectivity index (χ0v) is 14.5. The predicted molar refractivity (Wildman–Crippen MR) is 90.0 cm³/mol. The Balaban J connectivity index is 1.89. The number of ether oxygens (including phenoxy) is 1. The van der Waals surface area contributed by atoms with Gasteiger partial charge in [-0.15, -0.1) is 10.2 Å². The van der Waals surface area contributed by atoms with Crippen molar-refractivity contribution < 1.29 is 9.53 Å². The number of esters is 1. The number of aryl methyl sites for hydroxylation is 1. The van der Waals surface area contributed by atoms with E-state index < -0.39 is 11.2 Å². The van der Waals surface area contributed by atoms with Crippen molar-refractivity contribution in [2.45, 2.75) is 32.0 Å². The van der Waals surface area contributed by atoms with Crippen molar-refractivity contribution in [1.82, 2.24) is 24.4 Å². The monoisotopic (exact) mass is 364 g/mol. The molecule has 3 heterocycles. The zero-order valence-electron chi connectivity index (χ0n) is 13.7. The van der Waals surface area contributed by atoms with Gasteiger partial charge in [-0.05, 0) is 13.8 Å². The second-order valence-electron chi connectivity index (χ2n) is 5.33. The number of nitrogens with zero attached hydrogens (tertiary/aromatic N) is 5. The van der Waals surface area contributed by atoms with Crippen LogP contribution in [0.2, 0.25) is 0 Å². The fourth-order valence-electron chi connectivity index (χ4n) is 2.29. The minimum atomic E-state index is -0.526. The van der Waals surface area contributed by atoms with Crippen LogP contribution >= 0.6 is 11.8 Å². The Labute approximate surface area is 145 Å². The average Bonchev–Trinajstić information content (AvgIpc) is 2.93. The Hall–Kier alpha value is -2.69. The first-order valence-corrected chi connectivity index (χ1v) is 8.56. The van der Waals surface area contributed by atoms with Gasteiger partial charge in [0.15, 0.2) is 5.82 Å². The van der Waals surface area contributed by atoms with Crippen molar-refractivity contribution in [3.8, 4) is 0 Å². The number of hydrogen-bond acceptors (Lipinski definition) is 8. The molecule has 0 aromatic carbocycles. The lowest BCUT2D eigenvalue weighted by Crippen LogP contribution is -2.36. The highest BCUT2D eigenvalue weighted by Gasteiger charge is 2.21. The number of carbonyl (C=O) groups excluding carboxylic acids is 1. The van der Waals surface area contributed by atoms with Gasteiger partial charge in [-0.3, -0.25) is 14.2 Å². The van der Waals surface area contributed by atoms with Crippen LogP contribution in [0.4, 0.5) is 0 Å². The lowest BCUT2D eigenvalue weighted by atomic mass is 10.3. The fraction of sp³-hybridized carbons (Fsp3) is 0.429. The standard InChI is InChI=1S/C14H16N6O4S/c1-3-24-12(22)5-9-7-25-14-17-16-10(20(14)18-9)6-19-11(21)4-8(2)15-13(19)23/h4H,3,5-7H2,1-2H3,(H,15,23). The summed E-state index contributed by atoms with van der Waals surface area (Å²) in [6, 6.07) is 1.33. The molecule has 10 nitrogen and oxygen atoms in total. The Kier molecular flexibility index (Phi) is 4.83. The summed E-state index contributed by atoms with van der Waals surface area (Å²) < 4.78 is 7.39. The van der Waals surface area contributed by atoms with Gasteiger partial charge < -0.3 is 9.72 Å². The van der Waals surface area contributed by atoms with Crippen LogP contribution < -0.4 is 11.2 Å². The highest BCUT2D eigenvalue weighted by Crippen LogP contribution is 2.22. The van der Waals surface area contributed by atoms with Gasteiger partial charge in [0.05, 0.1) is 25.3 Å². The van der Waals surface area contributed by atoms with E-state index >= 15 is 0 Å². The quantitative estimate of drug-likeness (QED) is 0.725. The summed E-state index contributed by atoms with van der Waals surface area (Å²) in [6.45, 7) is 3.61. The summed E-state index contributed by atoms with van der Waals surface area (Å²) in [5.74, 6) is 0.480. The molecule has 0 atom stereocenters. The lowest BCUT2D eigenvalue weighted by Gasteiger charge is -2.13. The van der Waals surface area contributed by atoms with E-state index in [1.165, 1.54) is 22.5 Å². The van der Waals surface area contributed by atoms with Crippen molar-refractivity contribution in [3.63, 3.8) is 0 Å². The van der Waals surface area contributed by atoms with Gasteiger partial charge >= 0.3 is 11.7 Å². The molecule has 2 aromatic heterocycles. The van der Waals surface area contributed by atoms with Crippen molar-refractivity contribution in [2.75, 3.05) is 12.4 Å². The number of H-pyrrole nitrogens is 1. The SMILES string of the molecule is CCOC(=O)CC1=Nn2c(Cn3c(=O)cc(C)[nH]c3=O)nnc2SC1. The second-order valence-corrected chi connectivity index (χ2v) is 6.27. The number of aromatic amines is 1. The van der Waals surface area contributed by atoms with Crippen LogP contribution in [0, 0.1) is 6.92 Å². The van der Waals surface area contributed by atoms with Crippen LogP contribution in [0.3, 0.4) is 0 Å². The highest BCUT2D eigenvalue weighted by atomic mass is 32.2. The third-order valence-electron chi connectivity index (χ3n) is 3.39. The van der Waals surface area contributed by atoms with Crippen molar-refractivity contribution in [1.29, 1.82) is 0 Å². The van der Waals surface area contributed by atoms with E-state index in [4.69, 9.17) is 4.74 Å². The molecule has 0 unspecified atom stereocenters. The van der Waals surface area contributed by atoms with Crippen LogP contribution in [-0.4, -0.2) is 48.5 Å². The second kappa shape index (κ2) is 7.05. The number of thioether (sulfide) groups is 1. The number of hydrogen-bond donors (Lipinski definition) is 1. The molecular formula is C14H16N6O4S. The van der Waals surface area contributed by atoms with Gasteiger partial charge in [-0.1, -0.05) is 11.8 Å². The van der Waals surface area contributed by atoms with E-state index in [0.29, 0.717) is 34.7 Å². The summed E-state index contributed by atoms with van der Waals surface area (Å²) in [5, 5.41) is 12.9. The van der Waals surface area contributed by atoms with E-state index in [0.717, 1.165) is 4.57 Å². The normalized spacial score (nSPS) is 13.3. The van der Waals surface area contributed by atoms with Crippen LogP contribution in [0.1, 0.15) is 24.9 Å². The summed E-state index contributed by atoms with van der Waals surface area (Å²) in [5.41, 5.74) is 0.140. The van der Waals surface area contributed by atoms with E-state index in [1.807, 2.05) is 0 Å². The molecule has 1 aliphatic rings. The molecule has 11 heteroatoms. The van der Waals surface area contributed by atoms with Gasteiger partial charge in [0, 0.05) is 17.5 Å². The maximum absolute atomic E-state index is 12.0. The van der Waals surface area contributed by atoms with Crippen LogP contribution in [0.25, 0.3) is 0 Å². The first-order valence-electron chi connectivity index (χ1n) is 7.58. The third kappa shape index (κ3) is 3.71. The molecule has 0 amide bonds. The van der Waals surface area contributed by atoms with E-state index in [9.17, 15) is 14.4 Å². The molecule has 1 N–H and O–H groups in total. The van der Waals surface area contributed by atoms with Gasteiger partial charge in [-0.25, -0.2) is 4.79 Å². The Morgan fingerprint density at radius 1 is 1.40 bits per heavy atom. The molecule has 3 rings (SSSR count). The molecule has 1 aliphatic heterocycles. The van der Waals surface area contributed by atoms with E-state index in [-0.39, 0.29) is 18.9 Å². The molecule has 0 spiro atoms. The molecular weight excluding hydrogens is 348 g/mol. The van der Waals surface area contributed by atoms with Crippen molar-refractivity contribution in [3.05, 3.63) is 38.4 Å². The lowest BCUT2D eigenvalue weighted by molar-refractivity contribution is -0.141. The molecule has 0 aliphatic carbocycles. The van der Waals surface area contributed by atoms with E-state index in [2.05, 4.69) is 20.3 Å². The van der Waals surface area contributed by atoms with Gasteiger partial charge in [0.1, 0.15) is 0 Å². The Morgan fingerprint density at radius 2 is 2.20 bits per heavy atom. The Morgan fingerprint density at radius 3 is 2.92 bits per heavy atom. The number of rotatable bonds is 5. The van der Waals surface area contributed by atoms with Gasteiger partial charge in [0.25, 0.3) is 5.56 Å². The van der Waals surface area contributed by atoms with Crippen LogP contribution in [0.5, 0.6) is 0 Å². The van der Waals surface area contributed by atoms with E-state index in [1.54, 1.807) is 13.8 Å². The maximum Gasteiger partial charge on any atom is 0.328 e. The molecule has 0 fully saturated rings. The molecule has 2 aromatic rings. The first kappa shape index (κ1) is 17.1. The highest BCUT2D eigenvalue weighted by molar-refractivity contribution is 7.99. The summed E-state index contributed by atoms with van der Waals surface area (Å²) in [7, 11) is 0. The number of fused-ring (bicyclic) bond motifs is 1. The van der Waals surface area contributed by atoms with Crippen LogP contribution in [-0.2, 0) is 16.1 Å². The third-order valence-corrected chi connectivity index (χ3v) is 4.38. The summed E-state index contributed by atoms with van der Waals surface area (Å²) in [4.78, 5) is 38.2. The minimum absolute atomic E-state index is 0.0712. The topological polar surface area (TPSA) is 124 Å². The molecule has 0 radical (unpaired) electrons. The predicted octanol–water partition coefficient (Wildman–Crippen LogP) is -0.252. The van der Waals surface area contributed by atoms with Gasteiger partial charge in [0.2, 0.25) is 5.16 Å². The smallest absolute Gasteiger partial charge is 0.328 e. The average molecular weight is 364 g/mol. The molecule has 25 heavy (non-hydrogen) atoms. The van der Waals surface area contributed by atoms with Crippen molar-refractivity contribution >= 4 is 23.4 Å².